The highest BCUT2D eigenvalue weighted by Crippen LogP contribution is 2.50. The number of aliphatic hydroxyl groups excluding tert-OH is 2. The third kappa shape index (κ3) is 5.87. The van der Waals surface area contributed by atoms with E-state index in [9.17, 15) is 15.0 Å². The van der Waals surface area contributed by atoms with Gasteiger partial charge in [-0.15, -0.1) is 0 Å². The number of hydrogen-bond acceptors (Lipinski definition) is 3. The average Bonchev–Trinajstić information content (AvgIpc) is 3.48. The Hall–Kier alpha value is -1.91. The molecule has 1 amide bonds. The number of anilines is 1. The summed E-state index contributed by atoms with van der Waals surface area (Å²) in [5.41, 5.74) is 2.34. The van der Waals surface area contributed by atoms with Crippen molar-refractivity contribution in [3.05, 3.63) is 54.1 Å². The first-order chi connectivity index (χ1) is 15.1. The zero-order chi connectivity index (χ0) is 21.6. The molecule has 31 heavy (non-hydrogen) atoms. The summed E-state index contributed by atoms with van der Waals surface area (Å²) in [4.78, 5) is 12.1. The molecule has 0 unspecified atom stereocenters. The maximum atomic E-state index is 12.1. The first-order valence-corrected chi connectivity index (χ1v) is 12.2. The number of para-hydroxylation sites is 1. The summed E-state index contributed by atoms with van der Waals surface area (Å²) < 4.78 is 0. The van der Waals surface area contributed by atoms with Gasteiger partial charge in [0.15, 0.2) is 0 Å². The molecule has 5 atom stereocenters. The van der Waals surface area contributed by atoms with Gasteiger partial charge in [0.1, 0.15) is 0 Å². The van der Waals surface area contributed by atoms with Crippen LogP contribution in [0.15, 0.2) is 54.1 Å². The normalized spacial score (nSPS) is 30.8. The van der Waals surface area contributed by atoms with E-state index in [1.54, 1.807) is 0 Å². The first-order valence-electron chi connectivity index (χ1n) is 12.2. The molecule has 0 spiro atoms. The Kier molecular flexibility index (Phi) is 7.62. The van der Waals surface area contributed by atoms with E-state index in [1.165, 1.54) is 18.4 Å². The lowest BCUT2D eigenvalue weighted by Crippen LogP contribution is -2.19. The molecule has 0 saturated heterocycles. The zero-order valence-corrected chi connectivity index (χ0v) is 18.5. The number of unbranched alkanes of at least 4 members (excludes halogenated alkanes) is 1. The molecule has 1 aromatic carbocycles. The average molecular weight is 424 g/mol. The second-order valence-electron chi connectivity index (χ2n) is 9.80. The van der Waals surface area contributed by atoms with Gasteiger partial charge in [-0.05, 0) is 74.8 Å². The molecule has 3 aliphatic carbocycles. The molecule has 4 rings (SSSR count). The maximum absolute atomic E-state index is 12.1. The van der Waals surface area contributed by atoms with Crippen molar-refractivity contribution in [1.29, 1.82) is 0 Å². The van der Waals surface area contributed by atoms with Crippen LogP contribution >= 0.6 is 0 Å². The Morgan fingerprint density at radius 3 is 2.71 bits per heavy atom. The number of benzene rings is 1. The van der Waals surface area contributed by atoms with E-state index in [0.717, 1.165) is 50.6 Å². The van der Waals surface area contributed by atoms with Gasteiger partial charge in [-0.1, -0.05) is 54.8 Å². The number of rotatable bonds is 8. The van der Waals surface area contributed by atoms with Crippen molar-refractivity contribution in [2.24, 2.45) is 23.7 Å². The Morgan fingerprint density at radius 1 is 1.16 bits per heavy atom. The van der Waals surface area contributed by atoms with Crippen molar-refractivity contribution in [2.75, 3.05) is 5.32 Å². The summed E-state index contributed by atoms with van der Waals surface area (Å²) in [7, 11) is 0. The van der Waals surface area contributed by atoms with Crippen molar-refractivity contribution in [1.82, 2.24) is 0 Å². The van der Waals surface area contributed by atoms with Gasteiger partial charge in [0.25, 0.3) is 0 Å². The molecule has 3 saturated carbocycles. The smallest absolute Gasteiger partial charge is 0.224 e. The van der Waals surface area contributed by atoms with Crippen LogP contribution < -0.4 is 5.32 Å². The number of hydrogen-bond donors (Lipinski definition) is 3. The summed E-state index contributed by atoms with van der Waals surface area (Å²) in [5, 5.41) is 24.0. The number of fused-ring (bicyclic) bond motifs is 1. The lowest BCUT2D eigenvalue weighted by Gasteiger charge is -2.19. The third-order valence-electron chi connectivity index (χ3n) is 7.62. The molecule has 4 nitrogen and oxygen atoms in total. The van der Waals surface area contributed by atoms with Crippen molar-refractivity contribution in [2.45, 2.75) is 76.4 Å². The van der Waals surface area contributed by atoms with Gasteiger partial charge >= 0.3 is 0 Å². The Labute approximate surface area is 186 Å². The monoisotopic (exact) mass is 423 g/mol. The number of allylic oxidation sites excluding steroid dienone is 2. The van der Waals surface area contributed by atoms with Crippen molar-refractivity contribution in [3.63, 3.8) is 0 Å². The van der Waals surface area contributed by atoms with E-state index in [1.807, 2.05) is 36.4 Å². The van der Waals surface area contributed by atoms with Gasteiger partial charge in [0.05, 0.1) is 12.2 Å². The van der Waals surface area contributed by atoms with Crippen LogP contribution in [0.1, 0.15) is 64.2 Å². The van der Waals surface area contributed by atoms with Gasteiger partial charge in [-0.3, -0.25) is 4.79 Å². The number of aliphatic hydroxyl groups is 2. The molecule has 1 aromatic rings. The third-order valence-corrected chi connectivity index (χ3v) is 7.62. The SMILES string of the molecule is O=C(CCC/C=C1\C[C@H]2C[C@@H](O)[C@H](/C=C/[C@@H](O)C3CCCC3)[C@H]2C1)Nc1ccccc1. The van der Waals surface area contributed by atoms with E-state index in [0.29, 0.717) is 24.2 Å². The summed E-state index contributed by atoms with van der Waals surface area (Å²) in [5.74, 6) is 1.70. The van der Waals surface area contributed by atoms with Crippen molar-refractivity contribution < 1.29 is 15.0 Å². The fraction of sp³-hybridized carbons (Fsp3) is 0.593. The minimum absolute atomic E-state index is 0.0713. The highest BCUT2D eigenvalue weighted by atomic mass is 16.3. The molecule has 0 radical (unpaired) electrons. The topological polar surface area (TPSA) is 69.6 Å². The van der Waals surface area contributed by atoms with Crippen LogP contribution in [-0.4, -0.2) is 28.3 Å². The fourth-order valence-corrected chi connectivity index (χ4v) is 5.95. The number of carbonyl (C=O) groups excluding carboxylic acids is 1. The Bertz CT molecular complexity index is 781. The highest BCUT2D eigenvalue weighted by molar-refractivity contribution is 5.90. The fourth-order valence-electron chi connectivity index (χ4n) is 5.95. The summed E-state index contributed by atoms with van der Waals surface area (Å²) >= 11 is 0. The molecule has 3 aliphatic rings. The van der Waals surface area contributed by atoms with E-state index in [-0.39, 0.29) is 24.0 Å². The van der Waals surface area contributed by atoms with Gasteiger partial charge in [-0.2, -0.15) is 0 Å². The largest absolute Gasteiger partial charge is 0.392 e. The van der Waals surface area contributed by atoms with Crippen LogP contribution in [0.2, 0.25) is 0 Å². The first kappa shape index (κ1) is 22.3. The molecular weight excluding hydrogens is 386 g/mol. The van der Waals surface area contributed by atoms with E-state index in [2.05, 4.69) is 17.5 Å². The maximum Gasteiger partial charge on any atom is 0.224 e. The Balaban J connectivity index is 1.22. The molecule has 3 fully saturated rings. The molecule has 4 heteroatoms. The molecule has 3 N–H and O–H groups in total. The standard InChI is InChI=1S/C27H37NO3/c29-25(20-9-5-6-10-20)15-14-23-24-17-19(16-21(24)18-26(23)30)8-4-7-13-27(31)28-22-11-2-1-3-12-22/h1-3,8,11-12,14-15,20-21,23-26,29-30H,4-7,9-10,13,16-18H2,(H,28,31)/b15-14+,19-8+/t21-,23+,24-,25+,26+/m0/s1. The van der Waals surface area contributed by atoms with Gasteiger partial charge in [-0.25, -0.2) is 0 Å². The van der Waals surface area contributed by atoms with E-state index < -0.39 is 0 Å². The van der Waals surface area contributed by atoms with Crippen molar-refractivity contribution in [3.8, 4) is 0 Å². The highest BCUT2D eigenvalue weighted by Gasteiger charge is 2.45. The minimum Gasteiger partial charge on any atom is -0.392 e. The summed E-state index contributed by atoms with van der Waals surface area (Å²) in [6.07, 6.45) is 15.8. The van der Waals surface area contributed by atoms with Crippen LogP contribution in [0.3, 0.4) is 0 Å². The van der Waals surface area contributed by atoms with Gasteiger partial charge < -0.3 is 15.5 Å². The lowest BCUT2D eigenvalue weighted by molar-refractivity contribution is -0.116. The summed E-state index contributed by atoms with van der Waals surface area (Å²) in [6.45, 7) is 0. The van der Waals surface area contributed by atoms with Crippen molar-refractivity contribution >= 4 is 11.6 Å². The second-order valence-corrected chi connectivity index (χ2v) is 9.80. The zero-order valence-electron chi connectivity index (χ0n) is 18.5. The molecule has 0 heterocycles. The van der Waals surface area contributed by atoms with Gasteiger partial charge in [0.2, 0.25) is 5.91 Å². The number of amides is 1. The van der Waals surface area contributed by atoms with E-state index >= 15 is 0 Å². The lowest BCUT2D eigenvalue weighted by atomic mass is 9.89. The van der Waals surface area contributed by atoms with Crippen LogP contribution in [0.5, 0.6) is 0 Å². The second kappa shape index (κ2) is 10.6. The quantitative estimate of drug-likeness (QED) is 0.396. The van der Waals surface area contributed by atoms with Crippen LogP contribution in [-0.2, 0) is 4.79 Å². The molecule has 0 bridgehead atoms. The summed E-state index contributed by atoms with van der Waals surface area (Å²) in [6, 6.07) is 9.60. The van der Waals surface area contributed by atoms with Crippen LogP contribution in [0.4, 0.5) is 5.69 Å². The predicted molar refractivity (Wildman–Crippen MR) is 124 cm³/mol. The minimum atomic E-state index is -0.354. The van der Waals surface area contributed by atoms with Crippen LogP contribution in [0, 0.1) is 23.7 Å². The van der Waals surface area contributed by atoms with Crippen LogP contribution in [0.25, 0.3) is 0 Å². The van der Waals surface area contributed by atoms with Gasteiger partial charge in [0, 0.05) is 18.0 Å². The number of carbonyl (C=O) groups is 1. The predicted octanol–water partition coefficient (Wildman–Crippen LogP) is 5.24. The Morgan fingerprint density at radius 2 is 1.94 bits per heavy atom. The molecule has 168 valence electrons. The van der Waals surface area contributed by atoms with E-state index in [4.69, 9.17) is 0 Å². The molecule has 0 aliphatic heterocycles. The molecular formula is C27H37NO3. The molecule has 0 aromatic heterocycles. The number of nitrogens with one attached hydrogen (secondary N) is 1.